The topological polar surface area (TPSA) is 78.9 Å². The van der Waals surface area contributed by atoms with Crippen LogP contribution in [0.5, 0.6) is 0 Å². The molecule has 0 amide bonds. The van der Waals surface area contributed by atoms with E-state index in [1.54, 1.807) is 0 Å². The lowest BCUT2D eigenvalue weighted by Crippen LogP contribution is -2.30. The average Bonchev–Trinajstić information content (AvgIpc) is 3.28. The first kappa shape index (κ1) is 60.4. The molecule has 1 unspecified atom stereocenters. The van der Waals surface area contributed by atoms with Crippen molar-refractivity contribution in [1.29, 1.82) is 0 Å². The van der Waals surface area contributed by atoms with Gasteiger partial charge in [-0.05, 0) is 70.6 Å². The van der Waals surface area contributed by atoms with Crippen molar-refractivity contribution < 1.29 is 28.6 Å². The maximum absolute atomic E-state index is 12.8. The fourth-order valence-electron chi connectivity index (χ4n) is 7.67. The van der Waals surface area contributed by atoms with Crippen LogP contribution in [0.15, 0.2) is 48.6 Å². The third kappa shape index (κ3) is 50.2. The van der Waals surface area contributed by atoms with Crippen LogP contribution in [0, 0.1) is 0 Å². The molecule has 0 radical (unpaired) electrons. The highest BCUT2D eigenvalue weighted by Crippen LogP contribution is 2.16. The normalized spacial score (nSPS) is 12.4. The molecule has 6 nitrogen and oxygen atoms in total. The first-order valence-electron chi connectivity index (χ1n) is 27.1. The molecule has 0 N–H and O–H groups in total. The molecule has 0 aliphatic rings. The highest BCUT2D eigenvalue weighted by atomic mass is 16.6. The molecule has 0 spiro atoms. The second-order valence-electron chi connectivity index (χ2n) is 18.1. The number of carbonyl (C=O) groups is 3. The summed E-state index contributed by atoms with van der Waals surface area (Å²) in [4.78, 5) is 38.0. The summed E-state index contributed by atoms with van der Waals surface area (Å²) in [5.74, 6) is -0.900. The minimum Gasteiger partial charge on any atom is -0.462 e. The Balaban J connectivity index is 4.35. The molecule has 0 aliphatic carbocycles. The van der Waals surface area contributed by atoms with E-state index in [2.05, 4.69) is 69.4 Å². The van der Waals surface area contributed by atoms with E-state index in [9.17, 15) is 14.4 Å². The van der Waals surface area contributed by atoms with E-state index in [0.717, 1.165) is 109 Å². The Morgan fingerprint density at radius 1 is 0.317 bits per heavy atom. The first-order chi connectivity index (χ1) is 31.0. The molecule has 366 valence electrons. The molecule has 0 heterocycles. The summed E-state index contributed by atoms with van der Waals surface area (Å²) in [5, 5.41) is 0. The van der Waals surface area contributed by atoms with E-state index in [4.69, 9.17) is 14.2 Å². The Labute approximate surface area is 390 Å². The van der Waals surface area contributed by atoms with Crippen LogP contribution in [-0.2, 0) is 28.6 Å². The van der Waals surface area contributed by atoms with Crippen LogP contribution < -0.4 is 0 Å². The lowest BCUT2D eigenvalue weighted by atomic mass is 10.0. The number of ether oxygens (including phenoxy) is 3. The molecule has 6 heteroatoms. The van der Waals surface area contributed by atoms with Gasteiger partial charge in [-0.1, -0.05) is 236 Å². The van der Waals surface area contributed by atoms with Crippen molar-refractivity contribution in [3.8, 4) is 0 Å². The molecular weight excluding hydrogens is 781 g/mol. The maximum Gasteiger partial charge on any atom is 0.306 e. The fourth-order valence-corrected chi connectivity index (χ4v) is 7.67. The number of rotatable bonds is 49. The summed E-state index contributed by atoms with van der Waals surface area (Å²) >= 11 is 0. The van der Waals surface area contributed by atoms with E-state index in [-0.39, 0.29) is 31.1 Å². The number of carbonyl (C=O) groups excluding carboxylic acids is 3. The number of unbranched alkanes of at least 4 members (excludes halogenated alkanes) is 30. The standard InChI is InChI=1S/C57H102O6/c1-4-7-10-13-16-19-22-25-27-28-29-30-33-35-38-41-44-47-50-56(59)62-53-54(52-61-55(58)49-46-43-40-37-34-31-24-21-18-15-12-9-6-3)63-57(60)51-48-45-42-39-36-32-26-23-20-17-14-11-8-5-2/h12,14-15,17,21,23-24,26,54H,4-11,13,16,18-20,22,25,27-53H2,1-3H3/b15-12-,17-14-,24-21-,26-23-. The van der Waals surface area contributed by atoms with Gasteiger partial charge in [-0.25, -0.2) is 0 Å². The number of hydrogen-bond acceptors (Lipinski definition) is 6. The SMILES string of the molecule is CCC/C=C\C/C=C\CCCCCCCC(=O)OCC(COC(=O)CCCCCCCCCCCCCCCCCCCC)OC(=O)CCCCCCC/C=C\C/C=C\CCCC. The Kier molecular flexibility index (Phi) is 49.8. The van der Waals surface area contributed by atoms with E-state index < -0.39 is 6.10 Å². The minimum absolute atomic E-state index is 0.0809. The highest BCUT2D eigenvalue weighted by Gasteiger charge is 2.19. The molecule has 0 saturated heterocycles. The van der Waals surface area contributed by atoms with Gasteiger partial charge in [0.1, 0.15) is 13.2 Å². The van der Waals surface area contributed by atoms with E-state index in [1.807, 2.05) is 0 Å². The van der Waals surface area contributed by atoms with E-state index in [1.165, 1.54) is 128 Å². The molecular formula is C57H102O6. The van der Waals surface area contributed by atoms with Crippen molar-refractivity contribution in [3.05, 3.63) is 48.6 Å². The van der Waals surface area contributed by atoms with Gasteiger partial charge in [-0.15, -0.1) is 0 Å². The Morgan fingerprint density at radius 3 is 0.984 bits per heavy atom. The van der Waals surface area contributed by atoms with Crippen molar-refractivity contribution in [2.45, 2.75) is 284 Å². The monoisotopic (exact) mass is 883 g/mol. The van der Waals surface area contributed by atoms with Gasteiger partial charge >= 0.3 is 17.9 Å². The van der Waals surface area contributed by atoms with Crippen LogP contribution in [-0.4, -0.2) is 37.2 Å². The van der Waals surface area contributed by atoms with Crippen molar-refractivity contribution in [3.63, 3.8) is 0 Å². The minimum atomic E-state index is -0.783. The zero-order valence-corrected chi connectivity index (χ0v) is 41.8. The largest absolute Gasteiger partial charge is 0.462 e. The number of hydrogen-bond donors (Lipinski definition) is 0. The molecule has 0 aromatic carbocycles. The molecule has 1 atom stereocenters. The molecule has 0 saturated carbocycles. The van der Waals surface area contributed by atoms with Crippen LogP contribution in [0.1, 0.15) is 278 Å². The van der Waals surface area contributed by atoms with E-state index in [0.29, 0.717) is 19.3 Å². The predicted molar refractivity (Wildman–Crippen MR) is 270 cm³/mol. The zero-order chi connectivity index (χ0) is 45.8. The Hall–Kier alpha value is -2.63. The summed E-state index contributed by atoms with van der Waals surface area (Å²) in [6, 6.07) is 0. The summed E-state index contributed by atoms with van der Waals surface area (Å²) in [5.41, 5.74) is 0. The van der Waals surface area contributed by atoms with Gasteiger partial charge in [0.15, 0.2) is 6.10 Å². The summed E-state index contributed by atoms with van der Waals surface area (Å²) < 4.78 is 16.8. The summed E-state index contributed by atoms with van der Waals surface area (Å²) in [7, 11) is 0. The Bertz CT molecular complexity index is 1110. The highest BCUT2D eigenvalue weighted by molar-refractivity contribution is 5.71. The lowest BCUT2D eigenvalue weighted by Gasteiger charge is -2.18. The molecule has 0 rings (SSSR count). The summed E-state index contributed by atoms with van der Waals surface area (Å²) in [6.45, 7) is 6.53. The van der Waals surface area contributed by atoms with Crippen molar-refractivity contribution >= 4 is 17.9 Å². The molecule has 63 heavy (non-hydrogen) atoms. The molecule has 0 fully saturated rings. The molecule has 0 aromatic heterocycles. The molecule has 0 aromatic rings. The second-order valence-corrected chi connectivity index (χ2v) is 18.1. The van der Waals surface area contributed by atoms with Crippen LogP contribution in [0.3, 0.4) is 0 Å². The van der Waals surface area contributed by atoms with Gasteiger partial charge in [0.2, 0.25) is 0 Å². The lowest BCUT2D eigenvalue weighted by molar-refractivity contribution is -0.167. The smallest absolute Gasteiger partial charge is 0.306 e. The van der Waals surface area contributed by atoms with Gasteiger partial charge in [-0.2, -0.15) is 0 Å². The predicted octanol–water partition coefficient (Wildman–Crippen LogP) is 17.9. The van der Waals surface area contributed by atoms with Crippen LogP contribution in [0.2, 0.25) is 0 Å². The van der Waals surface area contributed by atoms with Gasteiger partial charge in [0.05, 0.1) is 0 Å². The third-order valence-electron chi connectivity index (χ3n) is 11.8. The van der Waals surface area contributed by atoms with Crippen molar-refractivity contribution in [1.82, 2.24) is 0 Å². The van der Waals surface area contributed by atoms with Gasteiger partial charge in [0.25, 0.3) is 0 Å². The average molecular weight is 883 g/mol. The summed E-state index contributed by atoms with van der Waals surface area (Å²) in [6.07, 6.45) is 62.4. The van der Waals surface area contributed by atoms with Gasteiger partial charge in [-0.3, -0.25) is 14.4 Å². The first-order valence-corrected chi connectivity index (χ1v) is 27.1. The molecule has 0 bridgehead atoms. The third-order valence-corrected chi connectivity index (χ3v) is 11.8. The quantitative estimate of drug-likeness (QED) is 0.0262. The maximum atomic E-state index is 12.8. The fraction of sp³-hybridized carbons (Fsp3) is 0.807. The Morgan fingerprint density at radius 2 is 0.619 bits per heavy atom. The van der Waals surface area contributed by atoms with Crippen molar-refractivity contribution in [2.75, 3.05) is 13.2 Å². The van der Waals surface area contributed by atoms with Gasteiger partial charge in [0, 0.05) is 19.3 Å². The van der Waals surface area contributed by atoms with Crippen LogP contribution in [0.4, 0.5) is 0 Å². The number of esters is 3. The van der Waals surface area contributed by atoms with Crippen LogP contribution >= 0.6 is 0 Å². The van der Waals surface area contributed by atoms with Crippen LogP contribution in [0.25, 0.3) is 0 Å². The van der Waals surface area contributed by atoms with E-state index >= 15 is 0 Å². The zero-order valence-electron chi connectivity index (χ0n) is 41.8. The van der Waals surface area contributed by atoms with Gasteiger partial charge < -0.3 is 14.2 Å². The molecule has 0 aliphatic heterocycles. The number of allylic oxidation sites excluding steroid dienone is 8. The second kappa shape index (κ2) is 52.0. The van der Waals surface area contributed by atoms with Crippen molar-refractivity contribution in [2.24, 2.45) is 0 Å².